The third-order valence-corrected chi connectivity index (χ3v) is 3.70. The monoisotopic (exact) mass is 453 g/mol. The van der Waals surface area contributed by atoms with Crippen molar-refractivity contribution in [3.05, 3.63) is 71.8 Å². The average Bonchev–Trinajstić information content (AvgIpc) is 2.79. The third kappa shape index (κ3) is 19.3. The van der Waals surface area contributed by atoms with Gasteiger partial charge in [0.15, 0.2) is 0 Å². The third-order valence-electron chi connectivity index (χ3n) is 3.59. The summed E-state index contributed by atoms with van der Waals surface area (Å²) in [5.41, 5.74) is 6.13. The fourth-order valence-electron chi connectivity index (χ4n) is 2.00. The molecule has 0 bridgehead atoms. The first-order valence-corrected chi connectivity index (χ1v) is 10.4. The molecule has 2 aromatic rings. The summed E-state index contributed by atoms with van der Waals surface area (Å²) in [5, 5.41) is 16.5. The van der Waals surface area contributed by atoms with Crippen LogP contribution in [0.3, 0.4) is 0 Å². The molecule has 2 aromatic carbocycles. The van der Waals surface area contributed by atoms with Crippen molar-refractivity contribution in [2.24, 2.45) is 5.73 Å². The van der Waals surface area contributed by atoms with Gasteiger partial charge < -0.3 is 25.4 Å². The second-order valence-corrected chi connectivity index (χ2v) is 6.51. The van der Waals surface area contributed by atoms with Crippen LogP contribution >= 0.6 is 11.6 Å². The number of aliphatic hydroxyl groups excluding tert-OH is 2. The summed E-state index contributed by atoms with van der Waals surface area (Å²) in [4.78, 5) is 21.3. The van der Waals surface area contributed by atoms with E-state index in [0.29, 0.717) is 32.4 Å². The number of hydrogen-bond donors (Lipinski definition) is 3. The molecule has 4 N–H and O–H groups in total. The number of carbonyl (C=O) groups is 2. The molecule has 0 unspecified atom stereocenters. The van der Waals surface area contributed by atoms with Gasteiger partial charge in [0.25, 0.3) is 0 Å². The van der Waals surface area contributed by atoms with Crippen molar-refractivity contribution in [3.8, 4) is 0 Å². The van der Waals surface area contributed by atoms with Crippen LogP contribution in [0.15, 0.2) is 60.7 Å². The highest BCUT2D eigenvalue weighted by molar-refractivity contribution is 6.61. The number of nitrogens with two attached hydrogens (primary N) is 1. The molecule has 0 radical (unpaired) electrons. The maximum absolute atomic E-state index is 11.2. The molecule has 0 aliphatic rings. The highest BCUT2D eigenvalue weighted by Crippen LogP contribution is 2.03. The Morgan fingerprint density at radius 3 is 1.65 bits per heavy atom. The van der Waals surface area contributed by atoms with E-state index in [-0.39, 0.29) is 25.8 Å². The molecular weight excluding hydrogens is 422 g/mol. The quantitative estimate of drug-likeness (QED) is 0.284. The van der Waals surface area contributed by atoms with E-state index in [1.165, 1.54) is 0 Å². The first kappa shape index (κ1) is 28.5. The Bertz CT molecular complexity index is 683. The van der Waals surface area contributed by atoms with E-state index in [4.69, 9.17) is 32.3 Å². The fourth-order valence-corrected chi connectivity index (χ4v) is 2.05. The number of carbonyl (C=O) groups excluding carboxylic acids is 2. The van der Waals surface area contributed by atoms with Crippen LogP contribution in [-0.2, 0) is 27.5 Å². The summed E-state index contributed by atoms with van der Waals surface area (Å²) >= 11 is 4.97. The molecule has 0 saturated carbocycles. The minimum atomic E-state index is -0.770. The number of aliphatic hydroxyl groups is 2. The van der Waals surface area contributed by atoms with Gasteiger partial charge in [-0.05, 0) is 36.9 Å². The van der Waals surface area contributed by atoms with Crippen molar-refractivity contribution >= 4 is 23.0 Å². The normalized spacial score (nSPS) is 9.42. The van der Waals surface area contributed by atoms with Crippen molar-refractivity contribution < 1.29 is 29.3 Å². The number of hydrogen-bond acceptors (Lipinski definition) is 7. The van der Waals surface area contributed by atoms with Crippen molar-refractivity contribution in [3.63, 3.8) is 0 Å². The maximum atomic E-state index is 11.2. The molecule has 0 aliphatic heterocycles. The molecule has 2 rings (SSSR count). The van der Waals surface area contributed by atoms with Crippen LogP contribution < -0.4 is 5.73 Å². The van der Waals surface area contributed by atoms with Gasteiger partial charge in [0.2, 0.25) is 0 Å². The topological polar surface area (TPSA) is 119 Å². The predicted octanol–water partition coefficient (Wildman–Crippen LogP) is 3.78. The fraction of sp³-hybridized carbons (Fsp3) is 0.391. The number of rotatable bonds is 10. The Morgan fingerprint density at radius 2 is 1.26 bits per heavy atom. The van der Waals surface area contributed by atoms with Gasteiger partial charge in [0.05, 0.1) is 0 Å². The van der Waals surface area contributed by atoms with Gasteiger partial charge in [-0.1, -0.05) is 60.7 Å². The van der Waals surface area contributed by atoms with Crippen molar-refractivity contribution in [2.45, 2.75) is 38.9 Å². The molecule has 31 heavy (non-hydrogen) atoms. The molecule has 0 aliphatic carbocycles. The summed E-state index contributed by atoms with van der Waals surface area (Å²) in [7, 11) is 0. The van der Waals surface area contributed by atoms with Gasteiger partial charge in [0, 0.05) is 31.2 Å². The van der Waals surface area contributed by atoms with E-state index in [1.54, 1.807) is 0 Å². The largest absolute Gasteiger partial charge is 0.461 e. The molecule has 8 heteroatoms. The average molecular weight is 454 g/mol. The molecule has 0 aromatic heterocycles. The number of benzene rings is 2. The van der Waals surface area contributed by atoms with Crippen molar-refractivity contribution in [1.82, 2.24) is 0 Å². The Hall–Kier alpha value is -2.45. The smallest absolute Gasteiger partial charge is 0.404 e. The van der Waals surface area contributed by atoms with Gasteiger partial charge >= 0.3 is 11.4 Å². The first-order valence-electron chi connectivity index (χ1n) is 10.0. The van der Waals surface area contributed by atoms with Gasteiger partial charge in [-0.25, -0.2) is 4.79 Å². The lowest BCUT2D eigenvalue weighted by Crippen LogP contribution is -2.04. The van der Waals surface area contributed by atoms with Crippen LogP contribution in [0.4, 0.5) is 4.79 Å². The van der Waals surface area contributed by atoms with Gasteiger partial charge in [-0.15, -0.1) is 0 Å². The minimum Gasteiger partial charge on any atom is -0.461 e. The highest BCUT2D eigenvalue weighted by atomic mass is 35.5. The van der Waals surface area contributed by atoms with Crippen molar-refractivity contribution in [1.29, 1.82) is 0 Å². The molecule has 0 fully saturated rings. The number of unbranched alkanes of at least 4 members (excludes halogenated alkanes) is 1. The van der Waals surface area contributed by atoms with Crippen LogP contribution in [0.1, 0.15) is 36.8 Å². The van der Waals surface area contributed by atoms with Crippen LogP contribution in [0, 0.1) is 0 Å². The van der Waals surface area contributed by atoms with E-state index in [0.717, 1.165) is 17.5 Å². The second kappa shape index (κ2) is 20.8. The SMILES string of the molecule is NCCCO.O=C(CCCCO)OCc1ccccc1.O=C(Cl)OCc1ccccc1. The van der Waals surface area contributed by atoms with E-state index >= 15 is 0 Å². The predicted molar refractivity (Wildman–Crippen MR) is 120 cm³/mol. The Morgan fingerprint density at radius 1 is 0.774 bits per heavy atom. The summed E-state index contributed by atoms with van der Waals surface area (Å²) in [6.07, 6.45) is 2.44. The summed E-state index contributed by atoms with van der Waals surface area (Å²) in [5.74, 6) is -0.202. The number of halogens is 1. The number of esters is 1. The van der Waals surface area contributed by atoms with Crippen LogP contribution in [-0.4, -0.2) is 41.4 Å². The van der Waals surface area contributed by atoms with E-state index in [9.17, 15) is 9.59 Å². The zero-order chi connectivity index (χ0) is 23.2. The van der Waals surface area contributed by atoms with Crippen LogP contribution in [0.5, 0.6) is 0 Å². The summed E-state index contributed by atoms with van der Waals surface area (Å²) < 4.78 is 9.61. The molecule has 0 heterocycles. The van der Waals surface area contributed by atoms with Crippen LogP contribution in [0.2, 0.25) is 0 Å². The molecule has 0 amide bonds. The summed E-state index contributed by atoms with van der Waals surface area (Å²) in [6, 6.07) is 18.9. The highest BCUT2D eigenvalue weighted by Gasteiger charge is 2.02. The first-order chi connectivity index (χ1) is 15.0. The second-order valence-electron chi connectivity index (χ2n) is 6.20. The Kier molecular flexibility index (Phi) is 19.2. The zero-order valence-electron chi connectivity index (χ0n) is 17.6. The Labute approximate surface area is 188 Å². The van der Waals surface area contributed by atoms with Gasteiger partial charge in [-0.3, -0.25) is 4.79 Å². The van der Waals surface area contributed by atoms with Gasteiger partial charge in [0.1, 0.15) is 13.2 Å². The lowest BCUT2D eigenvalue weighted by Gasteiger charge is -2.04. The van der Waals surface area contributed by atoms with Gasteiger partial charge in [-0.2, -0.15) is 0 Å². The molecule has 7 nitrogen and oxygen atoms in total. The van der Waals surface area contributed by atoms with Crippen molar-refractivity contribution in [2.75, 3.05) is 19.8 Å². The molecular formula is C23H32ClNO6. The Balaban J connectivity index is 0.000000492. The zero-order valence-corrected chi connectivity index (χ0v) is 18.4. The molecule has 172 valence electrons. The standard InChI is InChI=1S/C12H16O3.C8H7ClO2.C3H9NO/c13-9-5-4-8-12(14)15-10-11-6-2-1-3-7-11;9-8(10)11-6-7-4-2-1-3-5-7;4-2-1-3-5/h1-3,6-7,13H,4-5,8-10H2;1-5H,6H2;5H,1-4H2. The van der Waals surface area contributed by atoms with Crippen LogP contribution in [0.25, 0.3) is 0 Å². The number of ether oxygens (including phenoxy) is 2. The lowest BCUT2D eigenvalue weighted by molar-refractivity contribution is -0.145. The van der Waals surface area contributed by atoms with E-state index < -0.39 is 5.43 Å². The maximum Gasteiger partial charge on any atom is 0.404 e. The minimum absolute atomic E-state index is 0.131. The lowest BCUT2D eigenvalue weighted by atomic mass is 10.2. The molecule has 0 spiro atoms. The van der Waals surface area contributed by atoms with E-state index in [2.05, 4.69) is 4.74 Å². The molecule has 0 saturated heterocycles. The molecule has 0 atom stereocenters. The summed E-state index contributed by atoms with van der Waals surface area (Å²) in [6.45, 7) is 1.51. The van der Waals surface area contributed by atoms with E-state index in [1.807, 2.05) is 60.7 Å².